The van der Waals surface area contributed by atoms with Crippen molar-refractivity contribution < 1.29 is 0 Å². The van der Waals surface area contributed by atoms with Gasteiger partial charge in [0.1, 0.15) is 0 Å². The average Bonchev–Trinajstić information content (AvgIpc) is 3.01. The molecule has 0 fully saturated rings. The Morgan fingerprint density at radius 2 is 2.00 bits per heavy atom. The number of aromatic nitrogens is 1. The zero-order valence-corrected chi connectivity index (χ0v) is 13.2. The maximum atomic E-state index is 4.78. The van der Waals surface area contributed by atoms with Crippen LogP contribution in [0.15, 0.2) is 47.8 Å². The molecule has 1 N–H and O–H groups in total. The summed E-state index contributed by atoms with van der Waals surface area (Å²) in [5.41, 5.74) is 3.23. The summed E-state index contributed by atoms with van der Waals surface area (Å²) >= 11 is 1.72. The van der Waals surface area contributed by atoms with Crippen LogP contribution in [0.3, 0.4) is 0 Å². The summed E-state index contributed by atoms with van der Waals surface area (Å²) in [6.45, 7) is 1.93. The molecule has 21 heavy (non-hydrogen) atoms. The minimum atomic E-state index is 0.922. The maximum absolute atomic E-state index is 4.78. The van der Waals surface area contributed by atoms with Crippen LogP contribution in [-0.4, -0.2) is 37.1 Å². The largest absolute Gasteiger partial charge is 0.383 e. The van der Waals surface area contributed by atoms with Crippen molar-refractivity contribution in [2.24, 2.45) is 0 Å². The molecule has 2 heterocycles. The molecule has 0 saturated heterocycles. The highest BCUT2D eigenvalue weighted by Crippen LogP contribution is 2.30. The lowest BCUT2D eigenvalue weighted by Gasteiger charge is -2.14. The topological polar surface area (TPSA) is 28.2 Å². The molecule has 4 heteroatoms. The Labute approximate surface area is 129 Å². The molecule has 0 aliphatic heterocycles. The van der Waals surface area contributed by atoms with Gasteiger partial charge in [-0.05, 0) is 37.7 Å². The molecular weight excluding hydrogens is 278 g/mol. The van der Waals surface area contributed by atoms with Crippen LogP contribution in [0, 0.1) is 0 Å². The molecule has 2 aromatic heterocycles. The van der Waals surface area contributed by atoms with Crippen LogP contribution in [-0.2, 0) is 0 Å². The number of hydrogen-bond donors (Lipinski definition) is 1. The van der Waals surface area contributed by atoms with Crippen LogP contribution in [0.25, 0.3) is 21.5 Å². The molecule has 0 atom stereocenters. The van der Waals surface area contributed by atoms with E-state index in [-0.39, 0.29) is 0 Å². The quantitative estimate of drug-likeness (QED) is 0.773. The highest BCUT2D eigenvalue weighted by atomic mass is 32.1. The van der Waals surface area contributed by atoms with E-state index in [1.807, 2.05) is 6.07 Å². The van der Waals surface area contributed by atoms with Crippen LogP contribution >= 0.6 is 11.3 Å². The first-order valence-electron chi connectivity index (χ1n) is 7.06. The third-order valence-corrected chi connectivity index (χ3v) is 4.26. The standard InChI is InChI=1S/C17H19N3S/c1-20(2)10-9-18-15-12-16(17-8-5-11-21-17)19-14-7-4-3-6-13(14)15/h3-8,11-12H,9-10H2,1-2H3,(H,18,19). The SMILES string of the molecule is CN(C)CCNc1cc(-c2cccs2)nc2ccccc12. The summed E-state index contributed by atoms with van der Waals surface area (Å²) < 4.78 is 0. The van der Waals surface area contributed by atoms with Crippen molar-refractivity contribution in [1.29, 1.82) is 0 Å². The fourth-order valence-corrected chi connectivity index (χ4v) is 2.97. The zero-order chi connectivity index (χ0) is 14.7. The lowest BCUT2D eigenvalue weighted by atomic mass is 10.1. The fraction of sp³-hybridized carbons (Fsp3) is 0.235. The Morgan fingerprint density at radius 3 is 2.76 bits per heavy atom. The van der Waals surface area contributed by atoms with Gasteiger partial charge in [0, 0.05) is 24.2 Å². The number of thiophene rings is 1. The van der Waals surface area contributed by atoms with Gasteiger partial charge in [-0.3, -0.25) is 0 Å². The van der Waals surface area contributed by atoms with Gasteiger partial charge in [-0.2, -0.15) is 0 Å². The number of fused-ring (bicyclic) bond motifs is 1. The van der Waals surface area contributed by atoms with Gasteiger partial charge in [-0.25, -0.2) is 4.98 Å². The van der Waals surface area contributed by atoms with Crippen LogP contribution in [0.1, 0.15) is 0 Å². The number of nitrogens with one attached hydrogen (secondary N) is 1. The number of rotatable bonds is 5. The number of likely N-dealkylation sites (N-methyl/N-ethyl adjacent to an activating group) is 1. The molecule has 0 spiro atoms. The molecule has 108 valence electrons. The van der Waals surface area contributed by atoms with Crippen LogP contribution in [0.4, 0.5) is 5.69 Å². The summed E-state index contributed by atoms with van der Waals surface area (Å²) in [7, 11) is 4.17. The number of benzene rings is 1. The van der Waals surface area contributed by atoms with E-state index in [0.29, 0.717) is 0 Å². The molecule has 0 aliphatic carbocycles. The van der Waals surface area contributed by atoms with Gasteiger partial charge >= 0.3 is 0 Å². The lowest BCUT2D eigenvalue weighted by Crippen LogP contribution is -2.20. The van der Waals surface area contributed by atoms with Gasteiger partial charge in [0.25, 0.3) is 0 Å². The Kier molecular flexibility index (Phi) is 4.18. The third-order valence-electron chi connectivity index (χ3n) is 3.36. The molecule has 0 unspecified atom stereocenters. The van der Waals surface area contributed by atoms with Gasteiger partial charge in [0.2, 0.25) is 0 Å². The van der Waals surface area contributed by atoms with Crippen LogP contribution < -0.4 is 5.32 Å². The van der Waals surface area contributed by atoms with Crippen LogP contribution in [0.5, 0.6) is 0 Å². The average molecular weight is 297 g/mol. The smallest absolute Gasteiger partial charge is 0.0829 e. The minimum Gasteiger partial charge on any atom is -0.383 e. The lowest BCUT2D eigenvalue weighted by molar-refractivity contribution is 0.425. The zero-order valence-electron chi connectivity index (χ0n) is 12.3. The predicted molar refractivity (Wildman–Crippen MR) is 92.1 cm³/mol. The second-order valence-electron chi connectivity index (χ2n) is 5.28. The van der Waals surface area contributed by atoms with Gasteiger partial charge in [0.05, 0.1) is 16.1 Å². The highest BCUT2D eigenvalue weighted by molar-refractivity contribution is 7.13. The van der Waals surface area contributed by atoms with E-state index in [9.17, 15) is 0 Å². The first kappa shape index (κ1) is 14.0. The van der Waals surface area contributed by atoms with Crippen molar-refractivity contribution in [1.82, 2.24) is 9.88 Å². The van der Waals surface area contributed by atoms with Gasteiger partial charge in [-0.1, -0.05) is 24.3 Å². The molecule has 0 aliphatic rings. The van der Waals surface area contributed by atoms with E-state index in [1.54, 1.807) is 11.3 Å². The molecule has 0 bridgehead atoms. The molecule has 0 radical (unpaired) electrons. The van der Waals surface area contributed by atoms with Gasteiger partial charge in [-0.15, -0.1) is 11.3 Å². The van der Waals surface area contributed by atoms with Crippen molar-refractivity contribution in [3.63, 3.8) is 0 Å². The van der Waals surface area contributed by atoms with Gasteiger partial charge in [0.15, 0.2) is 0 Å². The fourth-order valence-electron chi connectivity index (χ4n) is 2.29. The Balaban J connectivity index is 1.99. The molecule has 0 amide bonds. The first-order valence-corrected chi connectivity index (χ1v) is 7.94. The van der Waals surface area contributed by atoms with Crippen molar-refractivity contribution in [3.05, 3.63) is 47.8 Å². The molecule has 3 aromatic rings. The molecular formula is C17H19N3S. The number of pyridine rings is 1. The van der Waals surface area contributed by atoms with Crippen LogP contribution in [0.2, 0.25) is 0 Å². The van der Waals surface area contributed by atoms with Gasteiger partial charge < -0.3 is 10.2 Å². The van der Waals surface area contributed by atoms with Crippen molar-refractivity contribution in [3.8, 4) is 10.6 Å². The van der Waals surface area contributed by atoms with E-state index in [2.05, 4.69) is 66.1 Å². The number of anilines is 1. The monoisotopic (exact) mass is 297 g/mol. The third kappa shape index (κ3) is 3.23. The van der Waals surface area contributed by atoms with E-state index in [0.717, 1.165) is 30.0 Å². The molecule has 0 saturated carbocycles. The molecule has 3 rings (SSSR count). The summed E-state index contributed by atoms with van der Waals surface area (Å²) in [6, 6.07) is 14.6. The maximum Gasteiger partial charge on any atom is 0.0829 e. The van der Waals surface area contributed by atoms with Crippen molar-refractivity contribution in [2.75, 3.05) is 32.5 Å². The summed E-state index contributed by atoms with van der Waals surface area (Å²) in [5, 5.41) is 6.81. The number of hydrogen-bond acceptors (Lipinski definition) is 4. The number of para-hydroxylation sites is 1. The summed E-state index contributed by atoms with van der Waals surface area (Å²) in [6.07, 6.45) is 0. The Hall–Kier alpha value is -1.91. The van der Waals surface area contributed by atoms with Crippen molar-refractivity contribution >= 4 is 27.9 Å². The second kappa shape index (κ2) is 6.24. The normalized spacial score (nSPS) is 11.2. The second-order valence-corrected chi connectivity index (χ2v) is 6.23. The van der Waals surface area contributed by atoms with E-state index < -0.39 is 0 Å². The van der Waals surface area contributed by atoms with Crippen molar-refractivity contribution in [2.45, 2.75) is 0 Å². The van der Waals surface area contributed by atoms with E-state index in [1.165, 1.54) is 10.3 Å². The first-order chi connectivity index (χ1) is 10.2. The van der Waals surface area contributed by atoms with E-state index in [4.69, 9.17) is 4.98 Å². The highest BCUT2D eigenvalue weighted by Gasteiger charge is 2.07. The summed E-state index contributed by atoms with van der Waals surface area (Å²) in [5.74, 6) is 0. The number of nitrogens with zero attached hydrogens (tertiary/aromatic N) is 2. The Morgan fingerprint density at radius 1 is 1.14 bits per heavy atom. The predicted octanol–water partition coefficient (Wildman–Crippen LogP) is 3.94. The molecule has 3 nitrogen and oxygen atoms in total. The minimum absolute atomic E-state index is 0.922. The van der Waals surface area contributed by atoms with E-state index >= 15 is 0 Å². The Bertz CT molecular complexity index is 720. The summed E-state index contributed by atoms with van der Waals surface area (Å²) in [4.78, 5) is 8.16. The molecule has 1 aromatic carbocycles.